The van der Waals surface area contributed by atoms with Gasteiger partial charge in [0.2, 0.25) is 5.91 Å². The number of carbonyl (C=O) groups excluding carboxylic acids is 1. The topological polar surface area (TPSA) is 72.7 Å². The zero-order valence-electron chi connectivity index (χ0n) is 18.9. The summed E-state index contributed by atoms with van der Waals surface area (Å²) in [5.41, 5.74) is 1.78. The Bertz CT molecular complexity index is 976. The molecule has 1 aliphatic heterocycles. The van der Waals surface area contributed by atoms with Crippen LogP contribution in [0.5, 0.6) is 17.2 Å². The lowest BCUT2D eigenvalue weighted by Crippen LogP contribution is -2.31. The summed E-state index contributed by atoms with van der Waals surface area (Å²) in [5.74, 6) is 2.20. The zero-order valence-corrected chi connectivity index (χ0v) is 19.7. The molecule has 2 aromatic rings. The van der Waals surface area contributed by atoms with Crippen molar-refractivity contribution in [1.82, 2.24) is 4.90 Å². The van der Waals surface area contributed by atoms with E-state index in [-0.39, 0.29) is 11.2 Å². The predicted octanol–water partition coefficient (Wildman–Crippen LogP) is 4.74. The van der Waals surface area contributed by atoms with Gasteiger partial charge in [-0.25, -0.2) is 0 Å². The summed E-state index contributed by atoms with van der Waals surface area (Å²) < 4.78 is 15.9. The van der Waals surface area contributed by atoms with Crippen LogP contribution in [0.1, 0.15) is 37.3 Å². The van der Waals surface area contributed by atoms with Crippen molar-refractivity contribution in [3.8, 4) is 17.2 Å². The lowest BCUT2D eigenvalue weighted by atomic mass is 10.1. The Kier molecular flexibility index (Phi) is 8.56. The average molecular weight is 456 g/mol. The number of nitrogens with zero attached hydrogens (tertiary/aromatic N) is 3. The molecule has 0 bridgehead atoms. The van der Waals surface area contributed by atoms with Crippen LogP contribution in [0, 0.1) is 0 Å². The van der Waals surface area contributed by atoms with E-state index in [2.05, 4.69) is 17.1 Å². The van der Waals surface area contributed by atoms with E-state index >= 15 is 0 Å². The van der Waals surface area contributed by atoms with Crippen molar-refractivity contribution >= 4 is 29.1 Å². The highest BCUT2D eigenvalue weighted by atomic mass is 32.2. The molecule has 1 unspecified atom stereocenters. The second-order valence-corrected chi connectivity index (χ2v) is 8.43. The summed E-state index contributed by atoms with van der Waals surface area (Å²) >= 11 is 1.48. The summed E-state index contributed by atoms with van der Waals surface area (Å²) in [6.07, 6.45) is 4.50. The maximum atomic E-state index is 13.1. The van der Waals surface area contributed by atoms with Crippen LogP contribution in [0.15, 0.2) is 52.7 Å². The Morgan fingerprint density at radius 2 is 1.75 bits per heavy atom. The fourth-order valence-corrected chi connectivity index (χ4v) is 4.43. The maximum absolute atomic E-state index is 13.1. The van der Waals surface area contributed by atoms with E-state index in [0.29, 0.717) is 23.2 Å². The van der Waals surface area contributed by atoms with Crippen molar-refractivity contribution in [3.63, 3.8) is 0 Å². The number of carbonyl (C=O) groups is 1. The molecule has 1 fully saturated rings. The fraction of sp³-hybridized carbons (Fsp3) is 0.375. The van der Waals surface area contributed by atoms with Crippen molar-refractivity contribution in [1.29, 1.82) is 0 Å². The molecule has 8 heteroatoms. The van der Waals surface area contributed by atoms with Gasteiger partial charge < -0.3 is 14.2 Å². The third kappa shape index (κ3) is 5.82. The van der Waals surface area contributed by atoms with Gasteiger partial charge in [-0.05, 0) is 36.2 Å². The molecule has 170 valence electrons. The average Bonchev–Trinajstić information content (AvgIpc) is 3.12. The van der Waals surface area contributed by atoms with Gasteiger partial charge in [0.1, 0.15) is 17.2 Å². The van der Waals surface area contributed by atoms with Crippen LogP contribution >= 0.6 is 11.8 Å². The van der Waals surface area contributed by atoms with Crippen LogP contribution in [0.3, 0.4) is 0 Å². The van der Waals surface area contributed by atoms with E-state index in [4.69, 9.17) is 14.2 Å². The largest absolute Gasteiger partial charge is 0.497 e. The van der Waals surface area contributed by atoms with Crippen molar-refractivity contribution in [3.05, 3.63) is 53.6 Å². The van der Waals surface area contributed by atoms with Crippen molar-refractivity contribution in [2.45, 2.75) is 38.0 Å². The zero-order chi connectivity index (χ0) is 22.9. The Labute approximate surface area is 193 Å². The van der Waals surface area contributed by atoms with Gasteiger partial charge in [0.15, 0.2) is 5.17 Å². The first-order chi connectivity index (χ1) is 15.6. The molecule has 1 aliphatic rings. The monoisotopic (exact) mass is 455 g/mol. The van der Waals surface area contributed by atoms with E-state index in [1.165, 1.54) is 11.8 Å². The Balaban J connectivity index is 1.82. The minimum Gasteiger partial charge on any atom is -0.497 e. The molecule has 32 heavy (non-hydrogen) atoms. The number of thioether (sulfide) groups is 1. The number of rotatable bonds is 10. The second kappa shape index (κ2) is 11.6. The van der Waals surface area contributed by atoms with E-state index in [1.807, 2.05) is 36.4 Å². The lowest BCUT2D eigenvalue weighted by molar-refractivity contribution is -0.126. The number of amides is 1. The van der Waals surface area contributed by atoms with E-state index in [9.17, 15) is 4.79 Å². The second-order valence-electron chi connectivity index (χ2n) is 7.26. The molecule has 0 aliphatic carbocycles. The van der Waals surface area contributed by atoms with Crippen molar-refractivity contribution < 1.29 is 19.0 Å². The fourth-order valence-electron chi connectivity index (χ4n) is 3.28. The molecule has 1 saturated heterocycles. The van der Waals surface area contributed by atoms with Crippen LogP contribution in [-0.4, -0.2) is 48.8 Å². The molecular formula is C24H29N3O4S. The highest BCUT2D eigenvalue weighted by Crippen LogP contribution is 2.32. The summed E-state index contributed by atoms with van der Waals surface area (Å²) in [5, 5.41) is 9.14. The van der Waals surface area contributed by atoms with Crippen LogP contribution in [-0.2, 0) is 11.3 Å². The molecule has 0 aromatic heterocycles. The first-order valence-corrected chi connectivity index (χ1v) is 11.4. The Morgan fingerprint density at radius 1 is 1.03 bits per heavy atom. The predicted molar refractivity (Wildman–Crippen MR) is 129 cm³/mol. The van der Waals surface area contributed by atoms with Crippen LogP contribution in [0.25, 0.3) is 0 Å². The maximum Gasteiger partial charge on any atom is 0.242 e. The van der Waals surface area contributed by atoms with Crippen LogP contribution in [0.2, 0.25) is 0 Å². The number of amidine groups is 1. The van der Waals surface area contributed by atoms with Gasteiger partial charge >= 0.3 is 0 Å². The van der Waals surface area contributed by atoms with Crippen molar-refractivity contribution in [2.75, 3.05) is 21.3 Å². The Morgan fingerprint density at radius 3 is 2.41 bits per heavy atom. The normalized spacial score (nSPS) is 17.4. The quantitative estimate of drug-likeness (QED) is 0.382. The van der Waals surface area contributed by atoms with Gasteiger partial charge in [-0.3, -0.25) is 9.69 Å². The van der Waals surface area contributed by atoms with Gasteiger partial charge in [0.25, 0.3) is 0 Å². The number of ether oxygens (including phenoxy) is 3. The first-order valence-electron chi connectivity index (χ1n) is 10.5. The molecule has 0 saturated carbocycles. The van der Waals surface area contributed by atoms with Crippen LogP contribution in [0.4, 0.5) is 0 Å². The SMILES string of the molecule is CCCCC1S/C(=N/N=C/c2ccc(OC)cc2OC)N(Cc2ccc(OC)cc2)C1=O. The van der Waals surface area contributed by atoms with E-state index in [0.717, 1.165) is 36.1 Å². The molecule has 0 spiro atoms. The lowest BCUT2D eigenvalue weighted by Gasteiger charge is -2.16. The smallest absolute Gasteiger partial charge is 0.242 e. The number of hydrogen-bond acceptors (Lipinski definition) is 7. The highest BCUT2D eigenvalue weighted by Gasteiger charge is 2.37. The minimum absolute atomic E-state index is 0.0789. The number of methoxy groups -OCH3 is 3. The Hall–Kier alpha value is -3.00. The van der Waals surface area contributed by atoms with Crippen molar-refractivity contribution in [2.24, 2.45) is 10.2 Å². The summed E-state index contributed by atoms with van der Waals surface area (Å²) in [6.45, 7) is 2.57. The van der Waals surface area contributed by atoms with Gasteiger partial charge in [-0.15, -0.1) is 5.10 Å². The summed E-state index contributed by atoms with van der Waals surface area (Å²) in [7, 11) is 4.84. The molecule has 1 amide bonds. The van der Waals surface area contributed by atoms with Gasteiger partial charge in [0, 0.05) is 11.6 Å². The molecular weight excluding hydrogens is 426 g/mol. The third-order valence-corrected chi connectivity index (χ3v) is 6.36. The highest BCUT2D eigenvalue weighted by molar-refractivity contribution is 8.15. The molecule has 7 nitrogen and oxygen atoms in total. The molecule has 1 heterocycles. The summed E-state index contributed by atoms with van der Waals surface area (Å²) in [6, 6.07) is 13.2. The third-order valence-electron chi connectivity index (χ3n) is 5.12. The molecule has 1 atom stereocenters. The van der Waals surface area contributed by atoms with Crippen LogP contribution < -0.4 is 14.2 Å². The molecule has 3 rings (SSSR count). The standard InChI is InChI=1S/C24H29N3O4S/c1-5-6-7-22-23(28)27(16-17-8-11-19(29-2)12-9-17)24(32-22)26-25-15-18-10-13-20(30-3)14-21(18)31-4/h8-15,22H,5-7,16H2,1-4H3/b25-15+,26-24+. The summed E-state index contributed by atoms with van der Waals surface area (Å²) in [4.78, 5) is 14.8. The number of hydrogen-bond donors (Lipinski definition) is 0. The van der Waals surface area contributed by atoms with E-state index < -0.39 is 0 Å². The minimum atomic E-state index is -0.127. The number of unbranched alkanes of at least 4 members (excludes halogenated alkanes) is 1. The van der Waals surface area contributed by atoms with E-state index in [1.54, 1.807) is 38.5 Å². The van der Waals surface area contributed by atoms with Gasteiger partial charge in [0.05, 0.1) is 39.3 Å². The number of benzene rings is 2. The molecule has 2 aromatic carbocycles. The van der Waals surface area contributed by atoms with Gasteiger partial charge in [-0.2, -0.15) is 5.10 Å². The molecule has 0 N–H and O–H groups in total. The first kappa shape index (κ1) is 23.7. The molecule has 0 radical (unpaired) electrons. The van der Waals surface area contributed by atoms with Gasteiger partial charge in [-0.1, -0.05) is 43.7 Å².